The second kappa shape index (κ2) is 5.89. The van der Waals surface area contributed by atoms with Crippen molar-refractivity contribution < 1.29 is 5.11 Å². The van der Waals surface area contributed by atoms with Crippen LogP contribution >= 0.6 is 0 Å². The maximum absolute atomic E-state index is 9.75. The van der Waals surface area contributed by atoms with E-state index in [1.807, 2.05) is 0 Å². The zero-order valence-corrected chi connectivity index (χ0v) is 10.9. The van der Waals surface area contributed by atoms with E-state index in [9.17, 15) is 5.11 Å². The highest BCUT2D eigenvalue weighted by Crippen LogP contribution is 2.49. The molecule has 1 saturated carbocycles. The highest BCUT2D eigenvalue weighted by Gasteiger charge is 2.44. The van der Waals surface area contributed by atoms with Crippen LogP contribution in [-0.4, -0.2) is 11.2 Å². The Hall–Kier alpha value is -0.0400. The van der Waals surface area contributed by atoms with E-state index in [4.69, 9.17) is 0 Å². The Morgan fingerprint density at radius 2 is 1.87 bits per heavy atom. The molecule has 1 aliphatic rings. The molecule has 1 N–H and O–H groups in total. The third-order valence-corrected chi connectivity index (χ3v) is 4.09. The SMILES string of the molecule is CCCC(C)CC(C)C1CC1C(O)CC. The Bertz CT molecular complexity index is 178. The second-order valence-corrected chi connectivity index (χ2v) is 5.65. The normalized spacial score (nSPS) is 31.0. The van der Waals surface area contributed by atoms with Crippen molar-refractivity contribution in [3.63, 3.8) is 0 Å². The molecule has 0 spiro atoms. The van der Waals surface area contributed by atoms with Crippen LogP contribution in [0.15, 0.2) is 0 Å². The molecule has 1 heteroatoms. The summed E-state index contributed by atoms with van der Waals surface area (Å²) in [5, 5.41) is 9.75. The predicted molar refractivity (Wildman–Crippen MR) is 65.7 cm³/mol. The van der Waals surface area contributed by atoms with Crippen molar-refractivity contribution in [1.29, 1.82) is 0 Å². The largest absolute Gasteiger partial charge is 0.393 e. The van der Waals surface area contributed by atoms with Gasteiger partial charge in [0.2, 0.25) is 0 Å². The molecule has 0 heterocycles. The molecular formula is C14H28O. The summed E-state index contributed by atoms with van der Waals surface area (Å²) >= 11 is 0. The minimum absolute atomic E-state index is 0.0288. The van der Waals surface area contributed by atoms with Crippen LogP contribution in [0, 0.1) is 23.7 Å². The molecule has 0 aromatic carbocycles. The summed E-state index contributed by atoms with van der Waals surface area (Å²) in [6, 6.07) is 0. The summed E-state index contributed by atoms with van der Waals surface area (Å²) in [6.07, 6.45) is 6.19. The number of aliphatic hydroxyl groups excluding tert-OH is 1. The maximum atomic E-state index is 9.75. The van der Waals surface area contributed by atoms with Gasteiger partial charge in [-0.3, -0.25) is 0 Å². The lowest BCUT2D eigenvalue weighted by atomic mass is 9.89. The van der Waals surface area contributed by atoms with Crippen LogP contribution in [0.25, 0.3) is 0 Å². The van der Waals surface area contributed by atoms with Crippen molar-refractivity contribution in [3.05, 3.63) is 0 Å². The summed E-state index contributed by atoms with van der Waals surface area (Å²) in [5.74, 6) is 3.13. The van der Waals surface area contributed by atoms with Crippen LogP contribution in [0.1, 0.15) is 59.8 Å². The molecule has 0 amide bonds. The molecule has 90 valence electrons. The van der Waals surface area contributed by atoms with Gasteiger partial charge >= 0.3 is 0 Å². The molecule has 15 heavy (non-hydrogen) atoms. The van der Waals surface area contributed by atoms with Crippen LogP contribution in [-0.2, 0) is 0 Å². The molecule has 1 fully saturated rings. The lowest BCUT2D eigenvalue weighted by Gasteiger charge is -2.17. The van der Waals surface area contributed by atoms with Gasteiger partial charge in [0.25, 0.3) is 0 Å². The van der Waals surface area contributed by atoms with E-state index in [2.05, 4.69) is 27.7 Å². The van der Waals surface area contributed by atoms with Crippen molar-refractivity contribution >= 4 is 0 Å². The first kappa shape index (κ1) is 13.0. The van der Waals surface area contributed by atoms with Crippen LogP contribution in [0.5, 0.6) is 0 Å². The van der Waals surface area contributed by atoms with Gasteiger partial charge in [-0.25, -0.2) is 0 Å². The Labute approximate surface area is 95.3 Å². The first-order valence-corrected chi connectivity index (χ1v) is 6.78. The van der Waals surface area contributed by atoms with E-state index in [1.165, 1.54) is 25.7 Å². The molecule has 0 aromatic heterocycles. The van der Waals surface area contributed by atoms with Crippen molar-refractivity contribution in [1.82, 2.24) is 0 Å². The first-order chi connectivity index (χ1) is 7.10. The zero-order valence-electron chi connectivity index (χ0n) is 10.9. The predicted octanol–water partition coefficient (Wildman–Crippen LogP) is 3.86. The van der Waals surface area contributed by atoms with Gasteiger partial charge in [-0.1, -0.05) is 40.5 Å². The van der Waals surface area contributed by atoms with E-state index in [0.29, 0.717) is 5.92 Å². The minimum atomic E-state index is -0.0288. The highest BCUT2D eigenvalue weighted by molar-refractivity contribution is 4.93. The molecule has 1 rings (SSSR count). The molecular weight excluding hydrogens is 184 g/mol. The van der Waals surface area contributed by atoms with Crippen LogP contribution in [0.2, 0.25) is 0 Å². The molecule has 0 aliphatic heterocycles. The lowest BCUT2D eigenvalue weighted by Crippen LogP contribution is -2.13. The molecule has 1 nitrogen and oxygen atoms in total. The molecule has 0 saturated heterocycles. The van der Waals surface area contributed by atoms with Gasteiger partial charge in [-0.2, -0.15) is 0 Å². The smallest absolute Gasteiger partial charge is 0.0568 e. The fraction of sp³-hybridized carbons (Fsp3) is 1.00. The van der Waals surface area contributed by atoms with Crippen LogP contribution in [0.4, 0.5) is 0 Å². The van der Waals surface area contributed by atoms with Gasteiger partial charge in [0.1, 0.15) is 0 Å². The first-order valence-electron chi connectivity index (χ1n) is 6.78. The molecule has 0 bridgehead atoms. The van der Waals surface area contributed by atoms with Crippen LogP contribution in [0.3, 0.4) is 0 Å². The molecule has 0 radical (unpaired) electrons. The Morgan fingerprint density at radius 1 is 1.20 bits per heavy atom. The topological polar surface area (TPSA) is 20.2 Å². The number of hydrogen-bond acceptors (Lipinski definition) is 1. The van der Waals surface area contributed by atoms with Gasteiger partial charge in [-0.15, -0.1) is 0 Å². The summed E-state index contributed by atoms with van der Waals surface area (Å²) in [7, 11) is 0. The molecule has 5 atom stereocenters. The lowest BCUT2D eigenvalue weighted by molar-refractivity contribution is 0.134. The van der Waals surface area contributed by atoms with Gasteiger partial charge < -0.3 is 5.11 Å². The second-order valence-electron chi connectivity index (χ2n) is 5.65. The average Bonchev–Trinajstić information content (AvgIpc) is 2.96. The monoisotopic (exact) mass is 212 g/mol. The Balaban J connectivity index is 2.22. The van der Waals surface area contributed by atoms with E-state index in [1.54, 1.807) is 0 Å². The number of hydrogen-bond donors (Lipinski definition) is 1. The van der Waals surface area contributed by atoms with Crippen molar-refractivity contribution in [3.8, 4) is 0 Å². The fourth-order valence-corrected chi connectivity index (χ4v) is 3.06. The van der Waals surface area contributed by atoms with Gasteiger partial charge in [-0.05, 0) is 42.9 Å². The van der Waals surface area contributed by atoms with Crippen molar-refractivity contribution in [2.24, 2.45) is 23.7 Å². The van der Waals surface area contributed by atoms with Gasteiger partial charge in [0.15, 0.2) is 0 Å². The third-order valence-electron chi connectivity index (χ3n) is 4.09. The summed E-state index contributed by atoms with van der Waals surface area (Å²) in [5.41, 5.74) is 0. The molecule has 5 unspecified atom stereocenters. The van der Waals surface area contributed by atoms with Crippen LogP contribution < -0.4 is 0 Å². The van der Waals surface area contributed by atoms with Gasteiger partial charge in [0, 0.05) is 0 Å². The van der Waals surface area contributed by atoms with E-state index in [0.717, 1.165) is 24.2 Å². The Kier molecular flexibility index (Phi) is 5.11. The molecule has 0 aromatic rings. The van der Waals surface area contributed by atoms with E-state index in [-0.39, 0.29) is 6.10 Å². The third kappa shape index (κ3) is 3.79. The molecule has 1 aliphatic carbocycles. The summed E-state index contributed by atoms with van der Waals surface area (Å²) in [4.78, 5) is 0. The summed E-state index contributed by atoms with van der Waals surface area (Å²) in [6.45, 7) is 9.10. The highest BCUT2D eigenvalue weighted by atomic mass is 16.3. The minimum Gasteiger partial charge on any atom is -0.393 e. The van der Waals surface area contributed by atoms with Crippen molar-refractivity contribution in [2.75, 3.05) is 0 Å². The maximum Gasteiger partial charge on any atom is 0.0568 e. The summed E-state index contributed by atoms with van der Waals surface area (Å²) < 4.78 is 0. The zero-order chi connectivity index (χ0) is 11.4. The van der Waals surface area contributed by atoms with E-state index >= 15 is 0 Å². The van der Waals surface area contributed by atoms with Gasteiger partial charge in [0.05, 0.1) is 6.10 Å². The number of rotatable bonds is 7. The van der Waals surface area contributed by atoms with E-state index < -0.39 is 0 Å². The standard InChI is InChI=1S/C14H28O/c1-5-7-10(3)8-11(4)12-9-13(12)14(15)6-2/h10-15H,5-9H2,1-4H3. The average molecular weight is 212 g/mol. The quantitative estimate of drug-likeness (QED) is 0.679. The van der Waals surface area contributed by atoms with Crippen molar-refractivity contribution in [2.45, 2.75) is 65.9 Å². The fourth-order valence-electron chi connectivity index (χ4n) is 3.06. The Morgan fingerprint density at radius 3 is 2.40 bits per heavy atom. The number of aliphatic hydroxyl groups is 1.